The van der Waals surface area contributed by atoms with E-state index in [1.54, 1.807) is 19.2 Å². The highest BCUT2D eigenvalue weighted by Gasteiger charge is 2.47. The van der Waals surface area contributed by atoms with Gasteiger partial charge < -0.3 is 4.90 Å². The van der Waals surface area contributed by atoms with E-state index in [1.165, 1.54) is 17.9 Å². The van der Waals surface area contributed by atoms with E-state index in [2.05, 4.69) is 10.0 Å². The number of Topliss-reactive ketones (excluding diaryl/α,β-unsaturated/α-hetero) is 1. The number of fused-ring (bicyclic) bond motifs is 1. The lowest BCUT2D eigenvalue weighted by Crippen LogP contribution is -2.51. The number of carbonyl (C=O) groups excluding carboxylic acids is 2. The second-order valence-corrected chi connectivity index (χ2v) is 5.01. The van der Waals surface area contributed by atoms with Crippen molar-refractivity contribution in [2.45, 2.75) is 6.92 Å². The zero-order valence-corrected chi connectivity index (χ0v) is 11.2. The van der Waals surface area contributed by atoms with Gasteiger partial charge in [0.05, 0.1) is 5.69 Å². The maximum absolute atomic E-state index is 12.5. The molecule has 1 aliphatic heterocycles. The number of ketones is 1. The number of halogens is 1. The highest BCUT2D eigenvalue weighted by Crippen LogP contribution is 2.38. The lowest BCUT2D eigenvalue weighted by molar-refractivity contribution is -0.124. The molecule has 0 aromatic heterocycles. The molecule has 0 saturated carbocycles. The van der Waals surface area contributed by atoms with Crippen LogP contribution in [-0.2, 0) is 4.79 Å². The number of hydrogen-bond donors (Lipinski definition) is 0. The standard InChI is InChI=1S/C12H11ClN4O2/c1-12(6-15-16-14)10(18)8-5-7(13)3-4-9(8)17(2)11(12)19/h3-5H,6H2,1-2H3. The van der Waals surface area contributed by atoms with Gasteiger partial charge in [0, 0.05) is 29.1 Å². The third kappa shape index (κ3) is 1.95. The molecule has 1 atom stereocenters. The highest BCUT2D eigenvalue weighted by molar-refractivity contribution is 6.32. The first-order valence-corrected chi connectivity index (χ1v) is 5.93. The van der Waals surface area contributed by atoms with Crippen LogP contribution in [0, 0.1) is 5.41 Å². The molecular formula is C12H11ClN4O2. The van der Waals surface area contributed by atoms with E-state index >= 15 is 0 Å². The van der Waals surface area contributed by atoms with Crippen LogP contribution in [0.3, 0.4) is 0 Å². The Morgan fingerprint density at radius 2 is 2.16 bits per heavy atom. The van der Waals surface area contributed by atoms with E-state index in [0.717, 1.165) is 0 Å². The van der Waals surface area contributed by atoms with Gasteiger partial charge in [-0.2, -0.15) is 0 Å². The average Bonchev–Trinajstić information content (AvgIpc) is 2.41. The van der Waals surface area contributed by atoms with Crippen LogP contribution in [0.1, 0.15) is 17.3 Å². The van der Waals surface area contributed by atoms with E-state index in [0.29, 0.717) is 16.3 Å². The Labute approximate surface area is 114 Å². The molecule has 1 heterocycles. The van der Waals surface area contributed by atoms with E-state index in [-0.39, 0.29) is 18.2 Å². The minimum absolute atomic E-state index is 0.211. The van der Waals surface area contributed by atoms with Crippen molar-refractivity contribution in [1.29, 1.82) is 0 Å². The average molecular weight is 279 g/mol. The van der Waals surface area contributed by atoms with E-state index in [4.69, 9.17) is 17.1 Å². The predicted molar refractivity (Wildman–Crippen MR) is 71.3 cm³/mol. The van der Waals surface area contributed by atoms with Crippen molar-refractivity contribution in [2.75, 3.05) is 18.5 Å². The fourth-order valence-corrected chi connectivity index (χ4v) is 2.34. The summed E-state index contributed by atoms with van der Waals surface area (Å²) in [7, 11) is 1.58. The molecule has 0 fully saturated rings. The first-order valence-electron chi connectivity index (χ1n) is 5.55. The van der Waals surface area contributed by atoms with Crippen molar-refractivity contribution >= 4 is 29.0 Å². The van der Waals surface area contributed by atoms with Gasteiger partial charge in [-0.3, -0.25) is 9.59 Å². The molecule has 19 heavy (non-hydrogen) atoms. The summed E-state index contributed by atoms with van der Waals surface area (Å²) in [6.07, 6.45) is 0. The normalized spacial score (nSPS) is 21.9. The van der Waals surface area contributed by atoms with Crippen LogP contribution in [0.4, 0.5) is 5.69 Å². The number of nitrogens with zero attached hydrogens (tertiary/aromatic N) is 4. The SMILES string of the molecule is CN1C(=O)C(C)(CN=[N+]=[N-])C(=O)c2cc(Cl)ccc21. The fourth-order valence-electron chi connectivity index (χ4n) is 2.17. The number of azide groups is 1. The minimum Gasteiger partial charge on any atom is -0.314 e. The molecular weight excluding hydrogens is 268 g/mol. The van der Waals surface area contributed by atoms with Gasteiger partial charge in [-0.15, -0.1) is 0 Å². The van der Waals surface area contributed by atoms with Crippen LogP contribution in [0.25, 0.3) is 10.4 Å². The first kappa shape index (κ1) is 13.4. The van der Waals surface area contributed by atoms with Gasteiger partial charge in [-0.1, -0.05) is 16.7 Å². The number of hydrogen-bond acceptors (Lipinski definition) is 3. The Morgan fingerprint density at radius 3 is 2.79 bits per heavy atom. The summed E-state index contributed by atoms with van der Waals surface area (Å²) in [6.45, 7) is 1.27. The highest BCUT2D eigenvalue weighted by atomic mass is 35.5. The van der Waals surface area contributed by atoms with Crippen LogP contribution in [0.5, 0.6) is 0 Å². The molecule has 0 bridgehead atoms. The molecule has 1 aromatic carbocycles. The molecule has 0 spiro atoms. The third-order valence-corrected chi connectivity index (χ3v) is 3.53. The lowest BCUT2D eigenvalue weighted by atomic mass is 9.77. The maximum Gasteiger partial charge on any atom is 0.240 e. The predicted octanol–water partition coefficient (Wildman–Crippen LogP) is 2.82. The quantitative estimate of drug-likeness (QED) is 0.360. The summed E-state index contributed by atoms with van der Waals surface area (Å²) in [4.78, 5) is 28.8. The van der Waals surface area contributed by atoms with E-state index < -0.39 is 5.41 Å². The zero-order chi connectivity index (χ0) is 14.2. The number of anilines is 1. The van der Waals surface area contributed by atoms with Gasteiger partial charge in [0.25, 0.3) is 0 Å². The molecule has 7 heteroatoms. The largest absolute Gasteiger partial charge is 0.314 e. The van der Waals surface area contributed by atoms with Gasteiger partial charge in [0.2, 0.25) is 5.91 Å². The molecule has 6 nitrogen and oxygen atoms in total. The molecule has 0 aliphatic carbocycles. The molecule has 0 radical (unpaired) electrons. The molecule has 0 saturated heterocycles. The summed E-state index contributed by atoms with van der Waals surface area (Å²) in [5.74, 6) is -0.764. The zero-order valence-electron chi connectivity index (χ0n) is 10.4. The molecule has 1 aromatic rings. The summed E-state index contributed by atoms with van der Waals surface area (Å²) in [5.41, 5.74) is 7.89. The molecule has 2 rings (SSSR count). The number of carbonyl (C=O) groups is 2. The van der Waals surface area contributed by atoms with Crippen molar-refractivity contribution in [3.05, 3.63) is 39.2 Å². The summed E-state index contributed by atoms with van der Waals surface area (Å²) < 4.78 is 0. The topological polar surface area (TPSA) is 86.1 Å². The van der Waals surface area contributed by atoms with Gasteiger partial charge in [0.15, 0.2) is 5.78 Å². The van der Waals surface area contributed by atoms with Crippen molar-refractivity contribution in [1.82, 2.24) is 0 Å². The van der Waals surface area contributed by atoms with E-state index in [1.807, 2.05) is 0 Å². The van der Waals surface area contributed by atoms with Crippen LogP contribution in [0.15, 0.2) is 23.3 Å². The smallest absolute Gasteiger partial charge is 0.240 e. The molecule has 0 N–H and O–H groups in total. The van der Waals surface area contributed by atoms with Crippen molar-refractivity contribution in [3.8, 4) is 0 Å². The minimum atomic E-state index is -1.38. The van der Waals surface area contributed by atoms with Gasteiger partial charge in [-0.25, -0.2) is 0 Å². The molecule has 1 aliphatic rings. The fraction of sp³-hybridized carbons (Fsp3) is 0.333. The van der Waals surface area contributed by atoms with E-state index in [9.17, 15) is 9.59 Å². The Kier molecular flexibility index (Phi) is 3.22. The van der Waals surface area contributed by atoms with Crippen LogP contribution in [-0.4, -0.2) is 25.3 Å². The van der Waals surface area contributed by atoms with Crippen molar-refractivity contribution < 1.29 is 9.59 Å². The van der Waals surface area contributed by atoms with Crippen LogP contribution < -0.4 is 4.90 Å². The monoisotopic (exact) mass is 278 g/mol. The second-order valence-electron chi connectivity index (χ2n) is 4.58. The molecule has 98 valence electrons. The van der Waals surface area contributed by atoms with Gasteiger partial charge in [0.1, 0.15) is 5.41 Å². The number of amides is 1. The Bertz CT molecular complexity index is 624. The Hall–Kier alpha value is -2.04. The lowest BCUT2D eigenvalue weighted by Gasteiger charge is -2.36. The maximum atomic E-state index is 12.5. The first-order chi connectivity index (χ1) is 8.91. The summed E-state index contributed by atoms with van der Waals surface area (Å²) >= 11 is 5.89. The van der Waals surface area contributed by atoms with Crippen LogP contribution >= 0.6 is 11.6 Å². The van der Waals surface area contributed by atoms with Gasteiger partial charge >= 0.3 is 0 Å². The Balaban J connectivity index is 2.61. The Morgan fingerprint density at radius 1 is 1.47 bits per heavy atom. The third-order valence-electron chi connectivity index (χ3n) is 3.29. The second kappa shape index (κ2) is 4.57. The molecule has 1 amide bonds. The van der Waals surface area contributed by atoms with Crippen molar-refractivity contribution in [3.63, 3.8) is 0 Å². The summed E-state index contributed by atoms with van der Waals surface area (Å²) in [6, 6.07) is 4.77. The van der Waals surface area contributed by atoms with Crippen LogP contribution in [0.2, 0.25) is 5.02 Å². The summed E-state index contributed by atoms with van der Waals surface area (Å²) in [5, 5.41) is 3.79. The molecule has 1 unspecified atom stereocenters. The van der Waals surface area contributed by atoms with Gasteiger partial charge in [-0.05, 0) is 30.7 Å². The number of rotatable bonds is 2. The van der Waals surface area contributed by atoms with Crippen molar-refractivity contribution in [2.24, 2.45) is 10.5 Å². The number of benzene rings is 1.